The molecule has 0 saturated carbocycles. The molecule has 2 N–H and O–H groups in total. The first-order chi connectivity index (χ1) is 12.3. The Balaban J connectivity index is 1.69. The number of rotatable bonds is 7. The van der Waals surface area contributed by atoms with E-state index >= 15 is 0 Å². The van der Waals surface area contributed by atoms with Crippen molar-refractivity contribution < 1.29 is 9.59 Å². The van der Waals surface area contributed by atoms with Gasteiger partial charge in [0, 0.05) is 32.4 Å². The molecule has 1 aromatic carbocycles. The summed E-state index contributed by atoms with van der Waals surface area (Å²) in [6, 6.07) is 12.0. The van der Waals surface area contributed by atoms with Gasteiger partial charge in [-0.2, -0.15) is 0 Å². The fourth-order valence-corrected chi connectivity index (χ4v) is 3.05. The predicted molar refractivity (Wildman–Crippen MR) is 96.4 cm³/mol. The lowest BCUT2D eigenvalue weighted by molar-refractivity contribution is -0.109. The lowest BCUT2D eigenvalue weighted by atomic mass is 9.99. The van der Waals surface area contributed by atoms with Crippen LogP contribution in [0.2, 0.25) is 0 Å². The van der Waals surface area contributed by atoms with Gasteiger partial charge >= 0.3 is 0 Å². The smallest absolute Gasteiger partial charge is 0.255 e. The number of carbonyl (C=O) groups is 2. The largest absolute Gasteiger partial charge is 0.359 e. The first kappa shape index (κ1) is 17.0. The summed E-state index contributed by atoms with van der Waals surface area (Å²) in [6.07, 6.45) is 4.03. The first-order valence-corrected chi connectivity index (χ1v) is 8.51. The molecule has 0 bridgehead atoms. The quantitative estimate of drug-likeness (QED) is 0.593. The van der Waals surface area contributed by atoms with E-state index in [4.69, 9.17) is 0 Å². The molecule has 1 aromatic heterocycles. The summed E-state index contributed by atoms with van der Waals surface area (Å²) in [6.45, 7) is 2.66. The Labute approximate surface area is 147 Å². The van der Waals surface area contributed by atoms with Gasteiger partial charge in [0.1, 0.15) is 5.82 Å². The molecule has 0 spiro atoms. The molecule has 2 aromatic rings. The van der Waals surface area contributed by atoms with Crippen LogP contribution in [0.5, 0.6) is 0 Å². The summed E-state index contributed by atoms with van der Waals surface area (Å²) in [5.74, 6) is 0.591. The Hall–Kier alpha value is -2.89. The molecule has 2 heterocycles. The van der Waals surface area contributed by atoms with Crippen molar-refractivity contribution in [1.29, 1.82) is 0 Å². The summed E-state index contributed by atoms with van der Waals surface area (Å²) in [7, 11) is 0. The van der Waals surface area contributed by atoms with Crippen molar-refractivity contribution in [2.24, 2.45) is 0 Å². The molecule has 6 heteroatoms. The Bertz CT molecular complexity index is 748. The fraction of sp³-hybridized carbons (Fsp3) is 0.316. The highest BCUT2D eigenvalue weighted by Crippen LogP contribution is 2.25. The second-order valence-electron chi connectivity index (χ2n) is 6.00. The van der Waals surface area contributed by atoms with E-state index in [9.17, 15) is 9.59 Å². The van der Waals surface area contributed by atoms with Crippen molar-refractivity contribution in [3.8, 4) is 0 Å². The Kier molecular flexibility index (Phi) is 5.61. The highest BCUT2D eigenvalue weighted by molar-refractivity contribution is 5.98. The van der Waals surface area contributed by atoms with Gasteiger partial charge in [-0.25, -0.2) is 4.98 Å². The van der Waals surface area contributed by atoms with Crippen molar-refractivity contribution in [2.75, 3.05) is 24.5 Å². The average molecular weight is 338 g/mol. The predicted octanol–water partition coefficient (Wildman–Crippen LogP) is 1.51. The molecule has 3 rings (SSSR count). The molecule has 2 amide bonds. The van der Waals surface area contributed by atoms with Crippen molar-refractivity contribution >= 4 is 18.1 Å². The van der Waals surface area contributed by atoms with Crippen LogP contribution in [0.15, 0.2) is 42.6 Å². The van der Waals surface area contributed by atoms with E-state index in [0.29, 0.717) is 31.5 Å². The lowest BCUT2D eigenvalue weighted by Gasteiger charge is -2.30. The Morgan fingerprint density at radius 2 is 2.00 bits per heavy atom. The third kappa shape index (κ3) is 4.15. The van der Waals surface area contributed by atoms with Crippen LogP contribution < -0.4 is 15.5 Å². The van der Waals surface area contributed by atoms with Crippen molar-refractivity contribution in [1.82, 2.24) is 15.6 Å². The number of hydrogen-bond donors (Lipinski definition) is 2. The maximum atomic E-state index is 12.5. The number of hydrogen-bond acceptors (Lipinski definition) is 4. The van der Waals surface area contributed by atoms with E-state index in [1.807, 2.05) is 12.1 Å². The molecule has 130 valence electrons. The van der Waals surface area contributed by atoms with Gasteiger partial charge in [-0.05, 0) is 36.1 Å². The number of amides is 2. The van der Waals surface area contributed by atoms with Crippen LogP contribution in [0.4, 0.5) is 5.82 Å². The maximum absolute atomic E-state index is 12.5. The van der Waals surface area contributed by atoms with Crippen molar-refractivity contribution in [3.63, 3.8) is 0 Å². The monoisotopic (exact) mass is 338 g/mol. The zero-order chi connectivity index (χ0) is 17.5. The summed E-state index contributed by atoms with van der Waals surface area (Å²) >= 11 is 0. The summed E-state index contributed by atoms with van der Waals surface area (Å²) in [5, 5.41) is 5.48. The SMILES string of the molecule is O=CNCCCNC(=O)c1cccnc1N1CCc2ccccc2C1. The standard InChI is InChI=1S/C19H22N4O2/c24-14-20-9-4-11-22-19(25)17-7-3-10-21-18(17)23-12-8-15-5-1-2-6-16(15)13-23/h1-3,5-7,10,14H,4,8-9,11-13H2,(H,20,24)(H,22,25). The molecule has 25 heavy (non-hydrogen) atoms. The van der Waals surface area contributed by atoms with Crippen LogP contribution in [0.1, 0.15) is 27.9 Å². The zero-order valence-corrected chi connectivity index (χ0v) is 14.1. The molecule has 0 radical (unpaired) electrons. The second-order valence-corrected chi connectivity index (χ2v) is 6.00. The van der Waals surface area contributed by atoms with Gasteiger partial charge in [0.15, 0.2) is 0 Å². The Morgan fingerprint density at radius 3 is 2.84 bits per heavy atom. The van der Waals surface area contributed by atoms with Gasteiger partial charge in [0.2, 0.25) is 6.41 Å². The fourth-order valence-electron chi connectivity index (χ4n) is 3.05. The van der Waals surface area contributed by atoms with Crippen LogP contribution in [0.3, 0.4) is 0 Å². The molecular weight excluding hydrogens is 316 g/mol. The lowest BCUT2D eigenvalue weighted by Crippen LogP contribution is -2.34. The number of carbonyl (C=O) groups excluding carboxylic acids is 2. The molecule has 0 saturated heterocycles. The number of aromatic nitrogens is 1. The molecule has 6 nitrogen and oxygen atoms in total. The minimum absolute atomic E-state index is 0.131. The molecule has 0 unspecified atom stereocenters. The normalized spacial score (nSPS) is 13.0. The number of anilines is 1. The van der Waals surface area contributed by atoms with Crippen molar-refractivity contribution in [2.45, 2.75) is 19.4 Å². The molecule has 0 fully saturated rings. The number of nitrogens with one attached hydrogen (secondary N) is 2. The zero-order valence-electron chi connectivity index (χ0n) is 14.1. The van der Waals surface area contributed by atoms with E-state index in [2.05, 4.69) is 38.7 Å². The van der Waals surface area contributed by atoms with Gasteiger partial charge in [-0.3, -0.25) is 9.59 Å². The average Bonchev–Trinajstić information content (AvgIpc) is 2.67. The first-order valence-electron chi connectivity index (χ1n) is 8.51. The minimum atomic E-state index is -0.131. The maximum Gasteiger partial charge on any atom is 0.255 e. The third-order valence-electron chi connectivity index (χ3n) is 4.33. The van der Waals surface area contributed by atoms with E-state index in [0.717, 1.165) is 25.3 Å². The minimum Gasteiger partial charge on any atom is -0.359 e. The number of fused-ring (bicyclic) bond motifs is 1. The molecule has 0 atom stereocenters. The van der Waals surface area contributed by atoms with Crippen LogP contribution >= 0.6 is 0 Å². The third-order valence-corrected chi connectivity index (χ3v) is 4.33. The van der Waals surface area contributed by atoms with Crippen LogP contribution in [0.25, 0.3) is 0 Å². The molecule has 1 aliphatic rings. The number of pyridine rings is 1. The number of benzene rings is 1. The highest BCUT2D eigenvalue weighted by Gasteiger charge is 2.21. The van der Waals surface area contributed by atoms with E-state index in [1.165, 1.54) is 11.1 Å². The van der Waals surface area contributed by atoms with E-state index in [1.54, 1.807) is 12.3 Å². The van der Waals surface area contributed by atoms with E-state index < -0.39 is 0 Å². The van der Waals surface area contributed by atoms with Gasteiger partial charge in [0.25, 0.3) is 5.91 Å². The topological polar surface area (TPSA) is 74.3 Å². The van der Waals surface area contributed by atoms with Crippen LogP contribution in [-0.4, -0.2) is 36.9 Å². The van der Waals surface area contributed by atoms with E-state index in [-0.39, 0.29) is 5.91 Å². The van der Waals surface area contributed by atoms with Crippen LogP contribution in [-0.2, 0) is 17.8 Å². The van der Waals surface area contributed by atoms with Gasteiger partial charge in [-0.15, -0.1) is 0 Å². The van der Waals surface area contributed by atoms with Gasteiger partial charge in [-0.1, -0.05) is 24.3 Å². The van der Waals surface area contributed by atoms with Crippen molar-refractivity contribution in [3.05, 3.63) is 59.3 Å². The summed E-state index contributed by atoms with van der Waals surface area (Å²) in [5.41, 5.74) is 3.24. The van der Waals surface area contributed by atoms with Gasteiger partial charge in [0.05, 0.1) is 5.56 Å². The van der Waals surface area contributed by atoms with Crippen LogP contribution in [0, 0.1) is 0 Å². The summed E-state index contributed by atoms with van der Waals surface area (Å²) in [4.78, 5) is 29.4. The molecular formula is C19H22N4O2. The molecule has 0 aliphatic carbocycles. The summed E-state index contributed by atoms with van der Waals surface area (Å²) < 4.78 is 0. The second kappa shape index (κ2) is 8.28. The highest BCUT2D eigenvalue weighted by atomic mass is 16.1. The molecule has 1 aliphatic heterocycles. The number of nitrogens with zero attached hydrogens (tertiary/aromatic N) is 2. The van der Waals surface area contributed by atoms with Gasteiger partial charge < -0.3 is 15.5 Å². The Morgan fingerprint density at radius 1 is 1.16 bits per heavy atom.